The van der Waals surface area contributed by atoms with E-state index in [0.29, 0.717) is 12.5 Å². The number of ether oxygens (including phenoxy) is 2. The number of likely N-dealkylation sites (tertiary alicyclic amines) is 1. The third-order valence-corrected chi connectivity index (χ3v) is 5.62. The molecular weight excluding hydrogens is 340 g/mol. The SMILES string of the molecule is CO[C@@H]1CN(C(=O)/C=C/CN2CCOCC2)CC[C@@H]1Cc1cccc(C)c1. The molecule has 2 fully saturated rings. The first-order chi connectivity index (χ1) is 13.2. The number of piperidine rings is 1. The lowest BCUT2D eigenvalue weighted by atomic mass is 9.87. The van der Waals surface area contributed by atoms with E-state index in [1.807, 2.05) is 11.0 Å². The maximum Gasteiger partial charge on any atom is 0.246 e. The molecular formula is C22H32N2O3. The third kappa shape index (κ3) is 5.89. The largest absolute Gasteiger partial charge is 0.379 e. The van der Waals surface area contributed by atoms with E-state index in [1.54, 1.807) is 13.2 Å². The zero-order valence-electron chi connectivity index (χ0n) is 16.6. The molecule has 3 rings (SSSR count). The minimum atomic E-state index is 0.0934. The Morgan fingerprint density at radius 1 is 1.30 bits per heavy atom. The van der Waals surface area contributed by atoms with Crippen molar-refractivity contribution in [2.75, 3.05) is 53.0 Å². The Kier molecular flexibility index (Phi) is 7.44. The van der Waals surface area contributed by atoms with Crippen molar-refractivity contribution in [2.45, 2.75) is 25.9 Å². The molecule has 0 unspecified atom stereocenters. The number of carbonyl (C=O) groups excluding carboxylic acids is 1. The molecule has 2 atom stereocenters. The van der Waals surface area contributed by atoms with Gasteiger partial charge in [-0.1, -0.05) is 35.9 Å². The van der Waals surface area contributed by atoms with E-state index in [2.05, 4.69) is 36.1 Å². The predicted octanol–water partition coefficient (Wildman–Crippen LogP) is 2.29. The van der Waals surface area contributed by atoms with Gasteiger partial charge in [-0.15, -0.1) is 0 Å². The number of amides is 1. The van der Waals surface area contributed by atoms with Gasteiger partial charge in [-0.2, -0.15) is 0 Å². The predicted molar refractivity (Wildman–Crippen MR) is 107 cm³/mol. The normalized spacial score (nSPS) is 24.4. The van der Waals surface area contributed by atoms with Crippen LogP contribution in [-0.4, -0.2) is 74.9 Å². The molecule has 0 saturated carbocycles. The fourth-order valence-electron chi connectivity index (χ4n) is 4.00. The van der Waals surface area contributed by atoms with Crippen molar-refractivity contribution < 1.29 is 14.3 Å². The average molecular weight is 373 g/mol. The maximum absolute atomic E-state index is 12.6. The van der Waals surface area contributed by atoms with Gasteiger partial charge in [0, 0.05) is 45.9 Å². The molecule has 2 saturated heterocycles. The van der Waals surface area contributed by atoms with Crippen LogP contribution in [0.15, 0.2) is 36.4 Å². The van der Waals surface area contributed by atoms with Crippen LogP contribution < -0.4 is 0 Å². The Balaban J connectivity index is 1.50. The van der Waals surface area contributed by atoms with Crippen LogP contribution in [0.1, 0.15) is 17.5 Å². The Hall–Kier alpha value is -1.69. The fraction of sp³-hybridized carbons (Fsp3) is 0.591. The highest BCUT2D eigenvalue weighted by Crippen LogP contribution is 2.24. The van der Waals surface area contributed by atoms with E-state index in [9.17, 15) is 4.79 Å². The highest BCUT2D eigenvalue weighted by atomic mass is 16.5. The van der Waals surface area contributed by atoms with Gasteiger partial charge >= 0.3 is 0 Å². The van der Waals surface area contributed by atoms with E-state index < -0.39 is 0 Å². The van der Waals surface area contributed by atoms with Crippen LogP contribution in [0, 0.1) is 12.8 Å². The molecule has 2 aliphatic rings. The number of rotatable bonds is 6. The fourth-order valence-corrected chi connectivity index (χ4v) is 4.00. The first-order valence-electron chi connectivity index (χ1n) is 9.99. The summed E-state index contributed by atoms with van der Waals surface area (Å²) in [5, 5.41) is 0. The molecule has 0 aliphatic carbocycles. The van der Waals surface area contributed by atoms with Crippen LogP contribution in [0.2, 0.25) is 0 Å². The molecule has 0 N–H and O–H groups in total. The molecule has 27 heavy (non-hydrogen) atoms. The molecule has 5 nitrogen and oxygen atoms in total. The highest BCUT2D eigenvalue weighted by molar-refractivity contribution is 5.87. The molecule has 148 valence electrons. The summed E-state index contributed by atoms with van der Waals surface area (Å²) in [7, 11) is 1.76. The van der Waals surface area contributed by atoms with Crippen LogP contribution in [0.4, 0.5) is 0 Å². The number of nitrogens with zero attached hydrogens (tertiary/aromatic N) is 2. The minimum absolute atomic E-state index is 0.0934. The van der Waals surface area contributed by atoms with E-state index in [-0.39, 0.29) is 12.0 Å². The molecule has 5 heteroatoms. The average Bonchev–Trinajstić information content (AvgIpc) is 2.69. The van der Waals surface area contributed by atoms with Gasteiger partial charge in [0.25, 0.3) is 0 Å². The van der Waals surface area contributed by atoms with Crippen molar-refractivity contribution in [2.24, 2.45) is 5.92 Å². The Labute approximate surface area is 162 Å². The first kappa shape index (κ1) is 20.1. The lowest BCUT2D eigenvalue weighted by Gasteiger charge is -2.37. The van der Waals surface area contributed by atoms with E-state index in [1.165, 1.54) is 11.1 Å². The maximum atomic E-state index is 12.6. The number of benzene rings is 1. The molecule has 2 aliphatic heterocycles. The van der Waals surface area contributed by atoms with Crippen molar-refractivity contribution in [1.29, 1.82) is 0 Å². The summed E-state index contributed by atoms with van der Waals surface area (Å²) in [5.41, 5.74) is 2.65. The van der Waals surface area contributed by atoms with Gasteiger partial charge in [-0.25, -0.2) is 0 Å². The second-order valence-corrected chi connectivity index (χ2v) is 7.62. The van der Waals surface area contributed by atoms with E-state index in [0.717, 1.165) is 52.2 Å². The summed E-state index contributed by atoms with van der Waals surface area (Å²) in [6, 6.07) is 8.68. The summed E-state index contributed by atoms with van der Waals surface area (Å²) in [6.45, 7) is 7.86. The zero-order chi connectivity index (χ0) is 19.1. The van der Waals surface area contributed by atoms with Crippen LogP contribution >= 0.6 is 0 Å². The number of aryl methyl sites for hydroxylation is 1. The smallest absolute Gasteiger partial charge is 0.246 e. The number of hydrogen-bond donors (Lipinski definition) is 0. The summed E-state index contributed by atoms with van der Waals surface area (Å²) in [5.74, 6) is 0.553. The number of methoxy groups -OCH3 is 1. The third-order valence-electron chi connectivity index (χ3n) is 5.62. The molecule has 1 aromatic rings. The molecule has 1 aromatic carbocycles. The van der Waals surface area contributed by atoms with Crippen LogP contribution in [0.25, 0.3) is 0 Å². The second kappa shape index (κ2) is 10.0. The van der Waals surface area contributed by atoms with E-state index in [4.69, 9.17) is 9.47 Å². The summed E-state index contributed by atoms with van der Waals surface area (Å²) < 4.78 is 11.1. The first-order valence-corrected chi connectivity index (χ1v) is 9.99. The van der Waals surface area contributed by atoms with Gasteiger partial charge in [0.1, 0.15) is 0 Å². The Morgan fingerprint density at radius 3 is 2.85 bits per heavy atom. The van der Waals surface area contributed by atoms with Crippen molar-refractivity contribution >= 4 is 5.91 Å². The van der Waals surface area contributed by atoms with E-state index >= 15 is 0 Å². The number of carbonyl (C=O) groups is 1. The van der Waals surface area contributed by atoms with Crippen LogP contribution in [0.5, 0.6) is 0 Å². The van der Waals surface area contributed by atoms with Crippen molar-refractivity contribution in [3.8, 4) is 0 Å². The van der Waals surface area contributed by atoms with Crippen molar-refractivity contribution in [1.82, 2.24) is 9.80 Å². The summed E-state index contributed by atoms with van der Waals surface area (Å²) >= 11 is 0. The molecule has 0 spiro atoms. The van der Waals surface area contributed by atoms with Gasteiger partial charge in [0.05, 0.1) is 19.3 Å². The van der Waals surface area contributed by atoms with Crippen molar-refractivity contribution in [3.05, 3.63) is 47.5 Å². The molecule has 2 heterocycles. The molecule has 1 amide bonds. The lowest BCUT2D eigenvalue weighted by molar-refractivity contribution is -0.131. The highest BCUT2D eigenvalue weighted by Gasteiger charge is 2.30. The van der Waals surface area contributed by atoms with Gasteiger partial charge in [-0.3, -0.25) is 9.69 Å². The molecule has 0 aromatic heterocycles. The van der Waals surface area contributed by atoms with Gasteiger partial charge in [0.15, 0.2) is 0 Å². The van der Waals surface area contributed by atoms with Crippen LogP contribution in [0.3, 0.4) is 0 Å². The second-order valence-electron chi connectivity index (χ2n) is 7.62. The number of morpholine rings is 1. The van der Waals surface area contributed by atoms with Gasteiger partial charge in [-0.05, 0) is 31.2 Å². The zero-order valence-corrected chi connectivity index (χ0v) is 16.6. The number of hydrogen-bond acceptors (Lipinski definition) is 4. The Morgan fingerprint density at radius 2 is 2.11 bits per heavy atom. The lowest BCUT2D eigenvalue weighted by Crippen LogP contribution is -2.47. The Bertz CT molecular complexity index is 640. The van der Waals surface area contributed by atoms with Gasteiger partial charge in [0.2, 0.25) is 5.91 Å². The monoisotopic (exact) mass is 372 g/mol. The quantitative estimate of drug-likeness (QED) is 0.719. The standard InChI is InChI=1S/C22H32N2O3/c1-18-5-3-6-19(15-18)16-20-8-10-24(17-21(20)26-2)22(25)7-4-9-23-11-13-27-14-12-23/h3-7,15,20-21H,8-14,16-17H2,1-2H3/b7-4+/t20-,21-/m1/s1. The van der Waals surface area contributed by atoms with Gasteiger partial charge < -0.3 is 14.4 Å². The topological polar surface area (TPSA) is 42.0 Å². The van der Waals surface area contributed by atoms with Crippen LogP contribution in [-0.2, 0) is 20.7 Å². The molecule has 0 radical (unpaired) electrons. The summed E-state index contributed by atoms with van der Waals surface area (Å²) in [6.07, 6.45) is 5.79. The van der Waals surface area contributed by atoms with Crippen molar-refractivity contribution in [3.63, 3.8) is 0 Å². The molecule has 0 bridgehead atoms. The summed E-state index contributed by atoms with van der Waals surface area (Å²) in [4.78, 5) is 16.8. The minimum Gasteiger partial charge on any atom is -0.379 e.